The zero-order chi connectivity index (χ0) is 22.2. The fraction of sp³-hybridized carbons (Fsp3) is 0.333. The van der Waals surface area contributed by atoms with Crippen LogP contribution in [-0.4, -0.2) is 42.0 Å². The summed E-state index contributed by atoms with van der Waals surface area (Å²) >= 11 is 1.44. The van der Waals surface area contributed by atoms with Gasteiger partial charge in [0.2, 0.25) is 5.91 Å². The number of hydrogen-bond acceptors (Lipinski definition) is 5. The van der Waals surface area contributed by atoms with Crippen LogP contribution in [0.4, 0.5) is 0 Å². The molecule has 1 aromatic heterocycles. The Bertz CT molecular complexity index is 1020. The van der Waals surface area contributed by atoms with E-state index in [0.717, 1.165) is 16.4 Å². The fourth-order valence-electron chi connectivity index (χ4n) is 3.34. The smallest absolute Gasteiger partial charge is 0.230 e. The number of methoxy groups -OCH3 is 2. The molecule has 0 aliphatic rings. The van der Waals surface area contributed by atoms with Gasteiger partial charge in [-0.25, -0.2) is 4.98 Å². The Hall–Kier alpha value is -2.93. The van der Waals surface area contributed by atoms with E-state index in [1.807, 2.05) is 30.5 Å². The van der Waals surface area contributed by atoms with Crippen molar-refractivity contribution in [3.05, 3.63) is 66.0 Å². The lowest BCUT2D eigenvalue weighted by Crippen LogP contribution is -2.27. The Kier molecular flexibility index (Phi) is 8.00. The molecule has 0 unspecified atom stereocenters. The van der Waals surface area contributed by atoms with Crippen LogP contribution in [0.25, 0.3) is 5.69 Å². The highest BCUT2D eigenvalue weighted by Gasteiger charge is 2.13. The number of hydrogen-bond donors (Lipinski definition) is 1. The second kappa shape index (κ2) is 10.9. The van der Waals surface area contributed by atoms with Gasteiger partial charge in [0.05, 0.1) is 25.7 Å². The molecule has 0 atom stereocenters. The largest absolute Gasteiger partial charge is 0.493 e. The third-order valence-electron chi connectivity index (χ3n) is 4.94. The van der Waals surface area contributed by atoms with Crippen LogP contribution in [-0.2, 0) is 11.2 Å². The normalized spacial score (nSPS) is 10.9. The van der Waals surface area contributed by atoms with Crippen LogP contribution in [0.2, 0.25) is 0 Å². The summed E-state index contributed by atoms with van der Waals surface area (Å²) in [6.45, 7) is 4.91. The second-order valence-electron chi connectivity index (χ2n) is 7.37. The van der Waals surface area contributed by atoms with Crippen molar-refractivity contribution >= 4 is 17.7 Å². The highest BCUT2D eigenvalue weighted by Crippen LogP contribution is 2.28. The number of imidazole rings is 1. The monoisotopic (exact) mass is 439 g/mol. The summed E-state index contributed by atoms with van der Waals surface area (Å²) in [7, 11) is 3.23. The molecule has 0 radical (unpaired) electrons. The number of rotatable bonds is 10. The molecule has 0 fully saturated rings. The Balaban J connectivity index is 1.54. The summed E-state index contributed by atoms with van der Waals surface area (Å²) in [4.78, 5) is 16.8. The molecule has 1 N–H and O–H groups in total. The van der Waals surface area contributed by atoms with Gasteiger partial charge in [-0.15, -0.1) is 0 Å². The SMILES string of the molecule is COc1ccc(CCNC(=O)CSc2nccn2-c2ccccc2C(C)C)cc1OC. The van der Waals surface area contributed by atoms with Gasteiger partial charge >= 0.3 is 0 Å². The number of amides is 1. The highest BCUT2D eigenvalue weighted by molar-refractivity contribution is 7.99. The minimum absolute atomic E-state index is 0.0165. The van der Waals surface area contributed by atoms with Gasteiger partial charge in [-0.2, -0.15) is 0 Å². The van der Waals surface area contributed by atoms with E-state index in [1.165, 1.54) is 17.3 Å². The number of nitrogens with one attached hydrogen (secondary N) is 1. The number of carbonyl (C=O) groups is 1. The van der Waals surface area contributed by atoms with Gasteiger partial charge in [-0.05, 0) is 41.7 Å². The molecule has 164 valence electrons. The quantitative estimate of drug-likeness (QED) is 0.473. The van der Waals surface area contributed by atoms with Gasteiger partial charge in [0, 0.05) is 18.9 Å². The van der Waals surface area contributed by atoms with Crippen LogP contribution < -0.4 is 14.8 Å². The Morgan fingerprint density at radius 2 is 1.90 bits per heavy atom. The number of carbonyl (C=O) groups excluding carboxylic acids is 1. The average Bonchev–Trinajstić information content (AvgIpc) is 3.26. The van der Waals surface area contributed by atoms with E-state index in [0.29, 0.717) is 36.1 Å². The number of para-hydroxylation sites is 1. The van der Waals surface area contributed by atoms with Crippen molar-refractivity contribution in [3.63, 3.8) is 0 Å². The van der Waals surface area contributed by atoms with Crippen LogP contribution in [0.1, 0.15) is 30.9 Å². The van der Waals surface area contributed by atoms with Crippen LogP contribution in [0, 0.1) is 0 Å². The molecule has 6 nitrogen and oxygen atoms in total. The van der Waals surface area contributed by atoms with Crippen molar-refractivity contribution < 1.29 is 14.3 Å². The Labute approximate surface area is 188 Å². The maximum absolute atomic E-state index is 12.4. The summed E-state index contributed by atoms with van der Waals surface area (Å²) in [5.74, 6) is 2.08. The van der Waals surface area contributed by atoms with E-state index in [-0.39, 0.29) is 5.91 Å². The molecule has 0 aliphatic carbocycles. The molecular formula is C24H29N3O3S. The predicted molar refractivity (Wildman–Crippen MR) is 125 cm³/mol. The zero-order valence-corrected chi connectivity index (χ0v) is 19.2. The molecule has 0 saturated carbocycles. The summed E-state index contributed by atoms with van der Waals surface area (Å²) in [5, 5.41) is 3.79. The molecule has 7 heteroatoms. The van der Waals surface area contributed by atoms with E-state index in [9.17, 15) is 4.79 Å². The predicted octanol–water partition coefficient (Wildman–Crippen LogP) is 4.46. The maximum Gasteiger partial charge on any atom is 0.230 e. The highest BCUT2D eigenvalue weighted by atomic mass is 32.2. The first-order chi connectivity index (χ1) is 15.0. The first-order valence-corrected chi connectivity index (χ1v) is 11.2. The standard InChI is InChI=1S/C24H29N3O3S/c1-17(2)19-7-5-6-8-20(19)27-14-13-26-24(27)31-16-23(28)25-12-11-18-9-10-21(29-3)22(15-18)30-4/h5-10,13-15,17H,11-12,16H2,1-4H3,(H,25,28). The van der Waals surface area contributed by atoms with E-state index >= 15 is 0 Å². The lowest BCUT2D eigenvalue weighted by atomic mass is 10.0. The zero-order valence-electron chi connectivity index (χ0n) is 18.4. The van der Waals surface area contributed by atoms with E-state index in [2.05, 4.69) is 46.9 Å². The number of benzene rings is 2. The van der Waals surface area contributed by atoms with Gasteiger partial charge in [-0.1, -0.05) is 49.9 Å². The Morgan fingerprint density at radius 1 is 1.13 bits per heavy atom. The molecule has 0 bridgehead atoms. The average molecular weight is 440 g/mol. The van der Waals surface area contributed by atoms with Crippen LogP contribution in [0.3, 0.4) is 0 Å². The first-order valence-electron chi connectivity index (χ1n) is 10.3. The van der Waals surface area contributed by atoms with Crippen molar-refractivity contribution in [1.29, 1.82) is 0 Å². The molecule has 31 heavy (non-hydrogen) atoms. The van der Waals surface area contributed by atoms with E-state index < -0.39 is 0 Å². The molecule has 3 rings (SSSR count). The third-order valence-corrected chi connectivity index (χ3v) is 5.91. The lowest BCUT2D eigenvalue weighted by Gasteiger charge is -2.15. The summed E-state index contributed by atoms with van der Waals surface area (Å²) in [5.41, 5.74) is 3.43. The van der Waals surface area contributed by atoms with Gasteiger partial charge in [0.1, 0.15) is 0 Å². The number of nitrogens with zero attached hydrogens (tertiary/aromatic N) is 2. The van der Waals surface area contributed by atoms with Crippen molar-refractivity contribution in [3.8, 4) is 17.2 Å². The molecule has 0 saturated heterocycles. The van der Waals surface area contributed by atoms with Crippen molar-refractivity contribution in [2.45, 2.75) is 31.3 Å². The van der Waals surface area contributed by atoms with Crippen molar-refractivity contribution in [2.24, 2.45) is 0 Å². The van der Waals surface area contributed by atoms with Crippen molar-refractivity contribution in [2.75, 3.05) is 26.5 Å². The molecule has 1 heterocycles. The number of aromatic nitrogens is 2. The lowest BCUT2D eigenvalue weighted by molar-refractivity contribution is -0.118. The van der Waals surface area contributed by atoms with Crippen LogP contribution in [0.5, 0.6) is 11.5 Å². The number of ether oxygens (including phenoxy) is 2. The summed E-state index contributed by atoms with van der Waals surface area (Å²) in [6, 6.07) is 14.1. The summed E-state index contributed by atoms with van der Waals surface area (Å²) in [6.07, 6.45) is 4.43. The molecule has 2 aromatic carbocycles. The molecule has 3 aromatic rings. The number of thioether (sulfide) groups is 1. The second-order valence-corrected chi connectivity index (χ2v) is 8.31. The maximum atomic E-state index is 12.4. The Morgan fingerprint density at radius 3 is 2.65 bits per heavy atom. The van der Waals surface area contributed by atoms with E-state index in [4.69, 9.17) is 9.47 Å². The fourth-order valence-corrected chi connectivity index (χ4v) is 4.13. The molecule has 1 amide bonds. The molecule has 0 aliphatic heterocycles. The van der Waals surface area contributed by atoms with E-state index in [1.54, 1.807) is 20.4 Å². The van der Waals surface area contributed by atoms with Gasteiger partial charge < -0.3 is 14.8 Å². The molecule has 0 spiro atoms. The molecular weight excluding hydrogens is 410 g/mol. The minimum Gasteiger partial charge on any atom is -0.493 e. The van der Waals surface area contributed by atoms with Gasteiger partial charge in [0.25, 0.3) is 0 Å². The third kappa shape index (κ3) is 5.82. The van der Waals surface area contributed by atoms with Crippen LogP contribution in [0.15, 0.2) is 60.0 Å². The first kappa shape index (κ1) is 22.7. The van der Waals surface area contributed by atoms with Gasteiger partial charge in [0.15, 0.2) is 16.7 Å². The van der Waals surface area contributed by atoms with Crippen molar-refractivity contribution in [1.82, 2.24) is 14.9 Å². The minimum atomic E-state index is -0.0165. The topological polar surface area (TPSA) is 65.4 Å². The van der Waals surface area contributed by atoms with Gasteiger partial charge in [-0.3, -0.25) is 9.36 Å². The van der Waals surface area contributed by atoms with Crippen LogP contribution >= 0.6 is 11.8 Å². The summed E-state index contributed by atoms with van der Waals surface area (Å²) < 4.78 is 12.6.